The van der Waals surface area contributed by atoms with Crippen LogP contribution in [-0.4, -0.2) is 32.4 Å². The van der Waals surface area contributed by atoms with Gasteiger partial charge in [0.25, 0.3) is 11.8 Å². The molecule has 0 saturated carbocycles. The maximum atomic E-state index is 12.5. The Balaban J connectivity index is 2.50. The SMILES string of the molecule is CC(C)NC(=O)c1cccc2c1S(=O)N(C(C)C)C2=O. The predicted molar refractivity (Wildman–Crippen MR) is 76.8 cm³/mol. The van der Waals surface area contributed by atoms with Gasteiger partial charge in [0.2, 0.25) is 0 Å². The summed E-state index contributed by atoms with van der Waals surface area (Å²) >= 11 is 0. The van der Waals surface area contributed by atoms with E-state index in [4.69, 9.17) is 0 Å². The van der Waals surface area contributed by atoms with E-state index >= 15 is 0 Å². The molecule has 2 amide bonds. The summed E-state index contributed by atoms with van der Waals surface area (Å²) in [7, 11) is -1.62. The molecule has 5 nitrogen and oxygen atoms in total. The van der Waals surface area contributed by atoms with Crippen LogP contribution < -0.4 is 5.32 Å². The van der Waals surface area contributed by atoms with Crippen molar-refractivity contribution in [2.24, 2.45) is 0 Å². The first-order valence-electron chi connectivity index (χ1n) is 6.54. The lowest BCUT2D eigenvalue weighted by atomic mass is 10.1. The first-order valence-corrected chi connectivity index (χ1v) is 7.64. The van der Waals surface area contributed by atoms with Crippen molar-refractivity contribution in [3.8, 4) is 0 Å². The van der Waals surface area contributed by atoms with E-state index < -0.39 is 11.0 Å². The fourth-order valence-electron chi connectivity index (χ4n) is 2.13. The summed E-state index contributed by atoms with van der Waals surface area (Å²) in [5, 5.41) is 2.77. The molecule has 1 N–H and O–H groups in total. The molecule has 0 bridgehead atoms. The molecule has 0 saturated heterocycles. The zero-order valence-corrected chi connectivity index (χ0v) is 12.8. The smallest absolute Gasteiger partial charge is 0.267 e. The van der Waals surface area contributed by atoms with Gasteiger partial charge >= 0.3 is 0 Å². The van der Waals surface area contributed by atoms with E-state index in [2.05, 4.69) is 5.32 Å². The number of fused-ring (bicyclic) bond motifs is 1. The second-order valence-electron chi connectivity index (χ2n) is 5.28. The fourth-order valence-corrected chi connectivity index (χ4v) is 3.65. The number of benzene rings is 1. The Kier molecular flexibility index (Phi) is 3.94. The van der Waals surface area contributed by atoms with Gasteiger partial charge < -0.3 is 5.32 Å². The lowest BCUT2D eigenvalue weighted by Gasteiger charge is -2.18. The zero-order chi connectivity index (χ0) is 15.0. The third-order valence-corrected chi connectivity index (χ3v) is 4.67. The molecule has 0 spiro atoms. The Bertz CT molecular complexity index is 596. The maximum absolute atomic E-state index is 12.5. The second kappa shape index (κ2) is 5.36. The van der Waals surface area contributed by atoms with Crippen molar-refractivity contribution in [2.45, 2.75) is 44.7 Å². The second-order valence-corrected chi connectivity index (χ2v) is 6.58. The number of rotatable bonds is 3. The fraction of sp³-hybridized carbons (Fsp3) is 0.429. The molecule has 1 unspecified atom stereocenters. The standard InChI is InChI=1S/C14H18N2O3S/c1-8(2)15-13(17)10-6-5-7-11-12(10)20(19)16(9(3)4)14(11)18/h5-9H,1-4H3,(H,15,17). The Morgan fingerprint density at radius 2 is 1.90 bits per heavy atom. The summed E-state index contributed by atoms with van der Waals surface area (Å²) < 4.78 is 13.8. The van der Waals surface area contributed by atoms with Crippen LogP contribution in [0.1, 0.15) is 48.4 Å². The minimum Gasteiger partial charge on any atom is -0.350 e. The van der Waals surface area contributed by atoms with Crippen LogP contribution in [0.2, 0.25) is 0 Å². The molecule has 1 heterocycles. The maximum Gasteiger partial charge on any atom is 0.267 e. The van der Waals surface area contributed by atoms with Gasteiger partial charge in [0.05, 0.1) is 16.0 Å². The Morgan fingerprint density at radius 3 is 2.45 bits per heavy atom. The highest BCUT2D eigenvalue weighted by atomic mass is 32.2. The molecule has 1 aromatic carbocycles. The van der Waals surface area contributed by atoms with Crippen molar-refractivity contribution >= 4 is 22.8 Å². The average Bonchev–Trinajstić information content (AvgIpc) is 2.61. The molecule has 0 aliphatic carbocycles. The van der Waals surface area contributed by atoms with E-state index in [9.17, 15) is 13.8 Å². The van der Waals surface area contributed by atoms with Crippen LogP contribution in [0.4, 0.5) is 0 Å². The van der Waals surface area contributed by atoms with Crippen molar-refractivity contribution < 1.29 is 13.8 Å². The van der Waals surface area contributed by atoms with Crippen molar-refractivity contribution in [1.82, 2.24) is 9.62 Å². The van der Waals surface area contributed by atoms with E-state index in [1.807, 2.05) is 13.8 Å². The molecule has 0 aromatic heterocycles. The van der Waals surface area contributed by atoms with Crippen LogP contribution in [-0.2, 0) is 11.0 Å². The third-order valence-electron chi connectivity index (χ3n) is 2.93. The minimum absolute atomic E-state index is 0.0231. The number of hydrogen-bond donors (Lipinski definition) is 1. The molecule has 2 rings (SSSR count). The van der Waals surface area contributed by atoms with Crippen LogP contribution in [0.25, 0.3) is 0 Å². The molecule has 108 valence electrons. The Labute approximate surface area is 120 Å². The zero-order valence-electron chi connectivity index (χ0n) is 12.0. The van der Waals surface area contributed by atoms with Crippen molar-refractivity contribution in [3.05, 3.63) is 29.3 Å². The average molecular weight is 294 g/mol. The van der Waals surface area contributed by atoms with Gasteiger partial charge in [-0.25, -0.2) is 4.21 Å². The largest absolute Gasteiger partial charge is 0.350 e. The van der Waals surface area contributed by atoms with E-state index in [-0.39, 0.29) is 23.9 Å². The van der Waals surface area contributed by atoms with Gasteiger partial charge in [0.15, 0.2) is 11.0 Å². The first kappa shape index (κ1) is 14.7. The Morgan fingerprint density at radius 1 is 1.25 bits per heavy atom. The summed E-state index contributed by atoms with van der Waals surface area (Å²) in [6.45, 7) is 7.30. The van der Waals surface area contributed by atoms with E-state index in [0.717, 1.165) is 0 Å². The van der Waals surface area contributed by atoms with Crippen LogP contribution in [0.5, 0.6) is 0 Å². The van der Waals surface area contributed by atoms with Gasteiger partial charge in [0, 0.05) is 12.1 Å². The highest BCUT2D eigenvalue weighted by molar-refractivity contribution is 7.84. The number of carbonyl (C=O) groups is 2. The van der Waals surface area contributed by atoms with Gasteiger partial charge in [0.1, 0.15) is 0 Å². The highest BCUT2D eigenvalue weighted by Gasteiger charge is 2.39. The summed E-state index contributed by atoms with van der Waals surface area (Å²) in [5.41, 5.74) is 0.666. The molecule has 6 heteroatoms. The quantitative estimate of drug-likeness (QED) is 0.923. The monoisotopic (exact) mass is 294 g/mol. The predicted octanol–water partition coefficient (Wildman–Crippen LogP) is 1.71. The summed E-state index contributed by atoms with van der Waals surface area (Å²) in [4.78, 5) is 24.7. The minimum atomic E-state index is -1.62. The third kappa shape index (κ3) is 2.35. The van der Waals surface area contributed by atoms with Crippen LogP contribution in [0.15, 0.2) is 23.1 Å². The highest BCUT2D eigenvalue weighted by Crippen LogP contribution is 2.31. The van der Waals surface area contributed by atoms with Gasteiger partial charge in [-0.3, -0.25) is 13.9 Å². The number of nitrogens with zero attached hydrogens (tertiary/aromatic N) is 1. The number of amides is 2. The molecular weight excluding hydrogens is 276 g/mol. The van der Waals surface area contributed by atoms with Crippen molar-refractivity contribution in [3.63, 3.8) is 0 Å². The number of carbonyl (C=O) groups excluding carboxylic acids is 2. The first-order chi connectivity index (χ1) is 9.34. The van der Waals surface area contributed by atoms with Gasteiger partial charge in [-0.15, -0.1) is 0 Å². The molecule has 1 aromatic rings. The molecule has 1 atom stereocenters. The lowest BCUT2D eigenvalue weighted by Crippen LogP contribution is -2.33. The molecular formula is C14H18N2O3S. The molecule has 0 fully saturated rings. The number of hydrogen-bond acceptors (Lipinski definition) is 3. The molecule has 0 radical (unpaired) electrons. The van der Waals surface area contributed by atoms with Crippen molar-refractivity contribution in [2.75, 3.05) is 0 Å². The number of nitrogens with one attached hydrogen (secondary N) is 1. The van der Waals surface area contributed by atoms with Crippen LogP contribution in [0, 0.1) is 0 Å². The van der Waals surface area contributed by atoms with Crippen LogP contribution >= 0.6 is 0 Å². The van der Waals surface area contributed by atoms with E-state index in [0.29, 0.717) is 16.0 Å². The topological polar surface area (TPSA) is 66.5 Å². The Hall–Kier alpha value is -1.69. The molecule has 1 aliphatic rings. The van der Waals surface area contributed by atoms with E-state index in [1.165, 1.54) is 4.31 Å². The van der Waals surface area contributed by atoms with Gasteiger partial charge in [-0.2, -0.15) is 0 Å². The molecule has 1 aliphatic heterocycles. The summed E-state index contributed by atoms with van der Waals surface area (Å²) in [6, 6.07) is 4.66. The van der Waals surface area contributed by atoms with Crippen molar-refractivity contribution in [1.29, 1.82) is 0 Å². The summed E-state index contributed by atoms with van der Waals surface area (Å²) in [5.74, 6) is -0.587. The van der Waals surface area contributed by atoms with Gasteiger partial charge in [-0.1, -0.05) is 6.07 Å². The summed E-state index contributed by atoms with van der Waals surface area (Å²) in [6.07, 6.45) is 0. The van der Waals surface area contributed by atoms with Gasteiger partial charge in [-0.05, 0) is 39.8 Å². The normalized spacial score (nSPS) is 17.8. The van der Waals surface area contributed by atoms with Crippen LogP contribution in [0.3, 0.4) is 0 Å². The van der Waals surface area contributed by atoms with E-state index in [1.54, 1.807) is 32.0 Å². The lowest BCUT2D eigenvalue weighted by molar-refractivity contribution is 0.0851. The molecule has 20 heavy (non-hydrogen) atoms.